The zero-order valence-corrected chi connectivity index (χ0v) is 15.3. The van der Waals surface area contributed by atoms with Crippen LogP contribution in [0.1, 0.15) is 37.7 Å². The number of benzene rings is 1. The molecule has 5 nitrogen and oxygen atoms in total. The van der Waals surface area contributed by atoms with Gasteiger partial charge in [0.15, 0.2) is 0 Å². The molecule has 0 radical (unpaired) electrons. The first kappa shape index (κ1) is 18.1. The lowest BCUT2D eigenvalue weighted by molar-refractivity contribution is -0.130. The summed E-state index contributed by atoms with van der Waals surface area (Å²) in [6.07, 6.45) is 5.76. The largest absolute Gasteiger partial charge is 0.341 e. The first-order chi connectivity index (χ1) is 12.1. The van der Waals surface area contributed by atoms with Crippen molar-refractivity contribution in [3.8, 4) is 0 Å². The normalized spacial score (nSPS) is 18.9. The molecule has 1 aliphatic heterocycles. The van der Waals surface area contributed by atoms with Crippen molar-refractivity contribution in [2.45, 2.75) is 44.6 Å². The molecule has 1 aromatic rings. The number of urea groups is 1. The van der Waals surface area contributed by atoms with Gasteiger partial charge in [-0.15, -0.1) is 0 Å². The van der Waals surface area contributed by atoms with Gasteiger partial charge in [-0.3, -0.25) is 4.79 Å². The number of nitrogens with zero attached hydrogens (tertiary/aromatic N) is 2. The molecule has 1 saturated heterocycles. The highest BCUT2D eigenvalue weighted by atomic mass is 35.5. The third-order valence-corrected chi connectivity index (χ3v) is 5.30. The minimum atomic E-state index is 0.0241. The Morgan fingerprint density at radius 3 is 2.52 bits per heavy atom. The van der Waals surface area contributed by atoms with Crippen LogP contribution < -0.4 is 5.32 Å². The van der Waals surface area contributed by atoms with Gasteiger partial charge in [0.2, 0.25) is 5.91 Å². The van der Waals surface area contributed by atoms with Crippen molar-refractivity contribution in [3.05, 3.63) is 34.9 Å². The van der Waals surface area contributed by atoms with E-state index in [0.29, 0.717) is 43.7 Å². The summed E-state index contributed by atoms with van der Waals surface area (Å²) in [6, 6.07) is 7.78. The smallest absolute Gasteiger partial charge is 0.317 e. The first-order valence-electron chi connectivity index (χ1n) is 9.19. The van der Waals surface area contributed by atoms with Crippen molar-refractivity contribution >= 4 is 23.5 Å². The summed E-state index contributed by atoms with van der Waals surface area (Å²) in [4.78, 5) is 28.7. The van der Waals surface area contributed by atoms with E-state index >= 15 is 0 Å². The monoisotopic (exact) mass is 363 g/mol. The maximum atomic E-state index is 12.6. The van der Waals surface area contributed by atoms with Crippen LogP contribution in [0.25, 0.3) is 0 Å². The van der Waals surface area contributed by atoms with E-state index in [1.54, 1.807) is 0 Å². The number of rotatable bonds is 3. The standard InChI is InChI=1S/C19H26ClN3O2/c20-16-6-3-5-15(13-16)14-18(24)22-9-4-10-23(12-11-22)19(25)21-17-7-1-2-8-17/h3,5-6,13,17H,1-2,4,7-12,14H2,(H,21,25). The van der Waals surface area contributed by atoms with E-state index in [0.717, 1.165) is 24.8 Å². The van der Waals surface area contributed by atoms with Gasteiger partial charge in [-0.1, -0.05) is 36.6 Å². The fraction of sp³-hybridized carbons (Fsp3) is 0.579. The number of amides is 3. The van der Waals surface area contributed by atoms with E-state index in [1.807, 2.05) is 34.1 Å². The molecule has 1 aliphatic carbocycles. The van der Waals surface area contributed by atoms with Crippen LogP contribution in [0.4, 0.5) is 4.79 Å². The fourth-order valence-corrected chi connectivity index (χ4v) is 3.85. The predicted octanol–water partition coefficient (Wildman–Crippen LogP) is 3.07. The van der Waals surface area contributed by atoms with Crippen LogP contribution in [0.15, 0.2) is 24.3 Å². The Labute approximate surface area is 154 Å². The highest BCUT2D eigenvalue weighted by Crippen LogP contribution is 2.18. The molecule has 25 heavy (non-hydrogen) atoms. The average molecular weight is 364 g/mol. The number of carbonyl (C=O) groups excluding carboxylic acids is 2. The summed E-state index contributed by atoms with van der Waals surface area (Å²) in [6.45, 7) is 2.60. The van der Waals surface area contributed by atoms with E-state index < -0.39 is 0 Å². The maximum Gasteiger partial charge on any atom is 0.317 e. The van der Waals surface area contributed by atoms with Crippen molar-refractivity contribution in [1.29, 1.82) is 0 Å². The Morgan fingerprint density at radius 1 is 1.04 bits per heavy atom. The predicted molar refractivity (Wildman–Crippen MR) is 98.7 cm³/mol. The highest BCUT2D eigenvalue weighted by molar-refractivity contribution is 6.30. The van der Waals surface area contributed by atoms with Crippen molar-refractivity contribution in [3.63, 3.8) is 0 Å². The van der Waals surface area contributed by atoms with Crippen molar-refractivity contribution in [2.75, 3.05) is 26.2 Å². The van der Waals surface area contributed by atoms with Crippen LogP contribution >= 0.6 is 11.6 Å². The minimum Gasteiger partial charge on any atom is -0.341 e. The lowest BCUT2D eigenvalue weighted by atomic mass is 10.1. The molecule has 1 aromatic carbocycles. The Balaban J connectivity index is 1.50. The quantitative estimate of drug-likeness (QED) is 0.897. The molecular formula is C19H26ClN3O2. The molecule has 1 heterocycles. The number of halogens is 1. The van der Waals surface area contributed by atoms with E-state index in [1.165, 1.54) is 12.8 Å². The summed E-state index contributed by atoms with van der Waals surface area (Å²) < 4.78 is 0. The van der Waals surface area contributed by atoms with Crippen molar-refractivity contribution < 1.29 is 9.59 Å². The molecule has 1 N–H and O–H groups in total. The summed E-state index contributed by atoms with van der Waals surface area (Å²) in [5, 5.41) is 3.78. The van der Waals surface area contributed by atoms with E-state index in [2.05, 4.69) is 5.32 Å². The molecule has 3 rings (SSSR count). The fourth-order valence-electron chi connectivity index (χ4n) is 3.64. The van der Waals surface area contributed by atoms with Crippen LogP contribution in [0.3, 0.4) is 0 Å². The summed E-state index contributed by atoms with van der Waals surface area (Å²) in [5.74, 6) is 0.0975. The van der Waals surface area contributed by atoms with Gasteiger partial charge in [0.25, 0.3) is 0 Å². The molecule has 136 valence electrons. The second-order valence-corrected chi connectivity index (χ2v) is 7.40. The Bertz CT molecular complexity index is 616. The topological polar surface area (TPSA) is 52.7 Å². The molecular weight excluding hydrogens is 338 g/mol. The van der Waals surface area contributed by atoms with Crippen LogP contribution in [0.2, 0.25) is 5.02 Å². The molecule has 2 aliphatic rings. The molecule has 0 spiro atoms. The molecule has 0 bridgehead atoms. The van der Waals surface area contributed by atoms with E-state index in [4.69, 9.17) is 11.6 Å². The van der Waals surface area contributed by atoms with Gasteiger partial charge in [-0.2, -0.15) is 0 Å². The van der Waals surface area contributed by atoms with Crippen LogP contribution in [-0.4, -0.2) is 54.0 Å². The molecule has 0 atom stereocenters. The highest BCUT2D eigenvalue weighted by Gasteiger charge is 2.24. The lowest BCUT2D eigenvalue weighted by Gasteiger charge is -2.24. The SMILES string of the molecule is O=C(Cc1cccc(Cl)c1)N1CCCN(C(=O)NC2CCCC2)CC1. The zero-order chi connectivity index (χ0) is 17.6. The molecule has 0 aromatic heterocycles. The number of hydrogen-bond donors (Lipinski definition) is 1. The third kappa shape index (κ3) is 5.11. The summed E-state index contributed by atoms with van der Waals surface area (Å²) in [7, 11) is 0. The number of carbonyl (C=O) groups is 2. The molecule has 6 heteroatoms. The molecule has 2 fully saturated rings. The minimum absolute atomic E-state index is 0.0241. The van der Waals surface area contributed by atoms with Gasteiger partial charge in [-0.25, -0.2) is 4.79 Å². The molecule has 1 saturated carbocycles. The van der Waals surface area contributed by atoms with Gasteiger partial charge >= 0.3 is 6.03 Å². The van der Waals surface area contributed by atoms with Gasteiger partial charge in [-0.05, 0) is 37.0 Å². The zero-order valence-electron chi connectivity index (χ0n) is 14.5. The second kappa shape index (κ2) is 8.56. The van der Waals surface area contributed by atoms with Crippen molar-refractivity contribution in [1.82, 2.24) is 15.1 Å². The van der Waals surface area contributed by atoms with E-state index in [-0.39, 0.29) is 11.9 Å². The Morgan fingerprint density at radius 2 is 1.76 bits per heavy atom. The molecule has 0 unspecified atom stereocenters. The lowest BCUT2D eigenvalue weighted by Crippen LogP contribution is -2.45. The van der Waals surface area contributed by atoms with Crippen LogP contribution in [0.5, 0.6) is 0 Å². The van der Waals surface area contributed by atoms with E-state index in [9.17, 15) is 9.59 Å². The summed E-state index contributed by atoms with van der Waals surface area (Å²) >= 11 is 5.99. The van der Waals surface area contributed by atoms with Gasteiger partial charge in [0, 0.05) is 37.2 Å². The maximum absolute atomic E-state index is 12.6. The molecule has 3 amide bonds. The van der Waals surface area contributed by atoms with Crippen molar-refractivity contribution in [2.24, 2.45) is 0 Å². The number of nitrogens with one attached hydrogen (secondary N) is 1. The summed E-state index contributed by atoms with van der Waals surface area (Å²) in [5.41, 5.74) is 0.928. The van der Waals surface area contributed by atoms with Gasteiger partial charge in [0.1, 0.15) is 0 Å². The van der Waals surface area contributed by atoms with Crippen LogP contribution in [-0.2, 0) is 11.2 Å². The second-order valence-electron chi connectivity index (χ2n) is 6.96. The average Bonchev–Trinajstić information content (AvgIpc) is 2.95. The van der Waals surface area contributed by atoms with Gasteiger partial charge < -0.3 is 15.1 Å². The Kier molecular flexibility index (Phi) is 6.19. The van der Waals surface area contributed by atoms with Crippen LogP contribution in [0, 0.1) is 0 Å². The number of hydrogen-bond acceptors (Lipinski definition) is 2. The Hall–Kier alpha value is -1.75. The van der Waals surface area contributed by atoms with Gasteiger partial charge in [0.05, 0.1) is 6.42 Å². The third-order valence-electron chi connectivity index (χ3n) is 5.06. The first-order valence-corrected chi connectivity index (χ1v) is 9.57.